The normalized spacial score (nSPS) is 23.4. The van der Waals surface area contributed by atoms with Crippen LogP contribution in [0.5, 0.6) is 0 Å². The van der Waals surface area contributed by atoms with Crippen molar-refractivity contribution in [2.45, 2.75) is 83.1 Å². The minimum atomic E-state index is -3.17. The fourth-order valence-electron chi connectivity index (χ4n) is 3.13. The first-order valence-electron chi connectivity index (χ1n) is 8.28. The van der Waals surface area contributed by atoms with Crippen LogP contribution >= 0.6 is 0 Å². The summed E-state index contributed by atoms with van der Waals surface area (Å²) in [6.45, 7) is 9.54. The fourth-order valence-corrected chi connectivity index (χ4v) is 4.36. The van der Waals surface area contributed by atoms with Crippen LogP contribution in [-0.4, -0.2) is 37.9 Å². The van der Waals surface area contributed by atoms with Crippen LogP contribution < -0.4 is 10.0 Å². The van der Waals surface area contributed by atoms with Crippen molar-refractivity contribution < 1.29 is 17.9 Å². The molecule has 1 aliphatic rings. The Labute approximate surface area is 140 Å². The Hall–Kier alpha value is -0.820. The molecule has 23 heavy (non-hydrogen) atoms. The van der Waals surface area contributed by atoms with E-state index in [1.807, 2.05) is 34.6 Å². The van der Waals surface area contributed by atoms with E-state index in [0.717, 1.165) is 19.3 Å². The van der Waals surface area contributed by atoms with Gasteiger partial charge in [0, 0.05) is 5.54 Å². The van der Waals surface area contributed by atoms with Crippen LogP contribution in [0.3, 0.4) is 0 Å². The number of rotatable bonds is 5. The molecule has 0 heterocycles. The first kappa shape index (κ1) is 20.2. The van der Waals surface area contributed by atoms with E-state index in [2.05, 4.69) is 10.0 Å². The predicted octanol–water partition coefficient (Wildman–Crippen LogP) is 2.79. The second kappa shape index (κ2) is 7.38. The molecule has 0 atom stereocenters. The molecule has 0 aromatic rings. The van der Waals surface area contributed by atoms with E-state index in [0.29, 0.717) is 18.8 Å². The molecule has 0 spiro atoms. The van der Waals surface area contributed by atoms with Gasteiger partial charge in [0.1, 0.15) is 5.60 Å². The molecule has 1 rings (SSSR count). The lowest BCUT2D eigenvalue weighted by Crippen LogP contribution is -2.45. The summed E-state index contributed by atoms with van der Waals surface area (Å²) in [6.07, 6.45) is 3.36. The van der Waals surface area contributed by atoms with Gasteiger partial charge in [-0.25, -0.2) is 17.9 Å². The quantitative estimate of drug-likeness (QED) is 0.800. The number of hydrogen-bond donors (Lipinski definition) is 2. The van der Waals surface area contributed by atoms with Gasteiger partial charge < -0.3 is 10.1 Å². The molecule has 136 valence electrons. The number of alkyl carbamates (subject to hydrolysis) is 1. The first-order chi connectivity index (χ1) is 10.3. The van der Waals surface area contributed by atoms with Gasteiger partial charge >= 0.3 is 6.09 Å². The molecule has 1 saturated carbocycles. The Kier molecular flexibility index (Phi) is 6.49. The van der Waals surface area contributed by atoms with E-state index in [-0.39, 0.29) is 10.8 Å². The van der Waals surface area contributed by atoms with E-state index in [1.54, 1.807) is 0 Å². The smallest absolute Gasteiger partial charge is 0.408 e. The molecule has 1 fully saturated rings. The maximum absolute atomic E-state index is 11.9. The van der Waals surface area contributed by atoms with Crippen LogP contribution in [0.4, 0.5) is 4.79 Å². The van der Waals surface area contributed by atoms with Crippen LogP contribution in [0, 0.1) is 5.92 Å². The van der Waals surface area contributed by atoms with E-state index >= 15 is 0 Å². The average Bonchev–Trinajstić information content (AvgIpc) is 2.35. The van der Waals surface area contributed by atoms with Crippen molar-refractivity contribution in [1.82, 2.24) is 10.0 Å². The fraction of sp³-hybridized carbons (Fsp3) is 0.938. The number of carbonyl (C=O) groups excluding carboxylic acids is 1. The third-order valence-corrected chi connectivity index (χ3v) is 6.06. The van der Waals surface area contributed by atoms with Crippen molar-refractivity contribution >= 4 is 16.1 Å². The molecular formula is C16H32N2O4S. The summed E-state index contributed by atoms with van der Waals surface area (Å²) in [6, 6.07) is 0. The summed E-state index contributed by atoms with van der Waals surface area (Å²) in [7, 11) is -1.71. The lowest BCUT2D eigenvalue weighted by Gasteiger charge is -2.34. The van der Waals surface area contributed by atoms with Gasteiger partial charge in [-0.2, -0.15) is 0 Å². The summed E-state index contributed by atoms with van der Waals surface area (Å²) < 4.78 is 31.6. The summed E-state index contributed by atoms with van der Waals surface area (Å²) in [5.74, 6) is 0.385. The molecule has 6 nitrogen and oxygen atoms in total. The average molecular weight is 349 g/mol. The Morgan fingerprint density at radius 3 is 2.04 bits per heavy atom. The Bertz CT molecular complexity index is 501. The second-order valence-electron chi connectivity index (χ2n) is 8.12. The lowest BCUT2D eigenvalue weighted by atomic mass is 9.82. The lowest BCUT2D eigenvalue weighted by molar-refractivity contribution is 0.0133. The highest BCUT2D eigenvalue weighted by molar-refractivity contribution is 7.90. The van der Waals surface area contributed by atoms with Crippen LogP contribution in [0.2, 0.25) is 0 Å². The number of amides is 1. The Morgan fingerprint density at radius 2 is 1.61 bits per heavy atom. The van der Waals surface area contributed by atoms with Gasteiger partial charge in [-0.3, -0.25) is 0 Å². The maximum Gasteiger partial charge on any atom is 0.408 e. The molecule has 1 amide bonds. The SMILES string of the molecule is CNS(=O)(=O)C1CCC(CC(C)(C)OC(=O)NC(C)(C)C)CC1. The highest BCUT2D eigenvalue weighted by Gasteiger charge is 2.34. The van der Waals surface area contributed by atoms with Gasteiger partial charge in [0.15, 0.2) is 0 Å². The number of carbonyl (C=O) groups is 1. The molecule has 0 aliphatic heterocycles. The monoisotopic (exact) mass is 348 g/mol. The molecule has 0 unspecified atom stereocenters. The highest BCUT2D eigenvalue weighted by Crippen LogP contribution is 2.34. The molecule has 0 aromatic carbocycles. The predicted molar refractivity (Wildman–Crippen MR) is 91.8 cm³/mol. The minimum absolute atomic E-state index is 0.294. The van der Waals surface area contributed by atoms with Gasteiger partial charge in [-0.15, -0.1) is 0 Å². The van der Waals surface area contributed by atoms with Crippen molar-refractivity contribution in [3.05, 3.63) is 0 Å². The second-order valence-corrected chi connectivity index (χ2v) is 10.3. The highest BCUT2D eigenvalue weighted by atomic mass is 32.2. The van der Waals surface area contributed by atoms with Crippen LogP contribution in [0.1, 0.15) is 66.7 Å². The number of hydrogen-bond acceptors (Lipinski definition) is 4. The van der Waals surface area contributed by atoms with Crippen molar-refractivity contribution in [1.29, 1.82) is 0 Å². The van der Waals surface area contributed by atoms with Gasteiger partial charge in [-0.05, 0) is 79.7 Å². The van der Waals surface area contributed by atoms with Crippen LogP contribution in [-0.2, 0) is 14.8 Å². The van der Waals surface area contributed by atoms with Crippen molar-refractivity contribution in [3.8, 4) is 0 Å². The zero-order chi connectivity index (χ0) is 17.9. The third kappa shape index (κ3) is 7.08. The standard InChI is InChI=1S/C16H32N2O4S/c1-15(2,3)18-14(19)22-16(4,5)11-12-7-9-13(10-8-12)23(20,21)17-6/h12-13,17H,7-11H2,1-6H3,(H,18,19). The van der Waals surface area contributed by atoms with Crippen LogP contribution in [0.15, 0.2) is 0 Å². The Morgan fingerprint density at radius 1 is 1.09 bits per heavy atom. The van der Waals surface area contributed by atoms with E-state index in [1.165, 1.54) is 7.05 Å². The summed E-state index contributed by atoms with van der Waals surface area (Å²) >= 11 is 0. The molecule has 1 aliphatic carbocycles. The Balaban J connectivity index is 2.49. The minimum Gasteiger partial charge on any atom is -0.444 e. The zero-order valence-corrected chi connectivity index (χ0v) is 16.0. The van der Waals surface area contributed by atoms with E-state index in [4.69, 9.17) is 4.74 Å². The molecule has 0 bridgehead atoms. The number of nitrogens with one attached hydrogen (secondary N) is 2. The topological polar surface area (TPSA) is 84.5 Å². The molecular weight excluding hydrogens is 316 g/mol. The summed E-state index contributed by atoms with van der Waals surface area (Å²) in [5, 5.41) is 2.50. The van der Waals surface area contributed by atoms with Gasteiger partial charge in [0.05, 0.1) is 5.25 Å². The maximum atomic E-state index is 11.9. The van der Waals surface area contributed by atoms with Crippen molar-refractivity contribution in [2.75, 3.05) is 7.05 Å². The zero-order valence-electron chi connectivity index (χ0n) is 15.2. The molecule has 0 radical (unpaired) electrons. The number of sulfonamides is 1. The van der Waals surface area contributed by atoms with E-state index in [9.17, 15) is 13.2 Å². The van der Waals surface area contributed by atoms with Gasteiger partial charge in [-0.1, -0.05) is 0 Å². The van der Waals surface area contributed by atoms with E-state index < -0.39 is 21.7 Å². The summed E-state index contributed by atoms with van der Waals surface area (Å²) in [5.41, 5.74) is -0.887. The van der Waals surface area contributed by atoms with Gasteiger partial charge in [0.2, 0.25) is 10.0 Å². The molecule has 2 N–H and O–H groups in total. The third-order valence-electron chi connectivity index (χ3n) is 4.14. The van der Waals surface area contributed by atoms with Crippen molar-refractivity contribution in [3.63, 3.8) is 0 Å². The van der Waals surface area contributed by atoms with Gasteiger partial charge in [0.25, 0.3) is 0 Å². The first-order valence-corrected chi connectivity index (χ1v) is 9.83. The van der Waals surface area contributed by atoms with Crippen LogP contribution in [0.25, 0.3) is 0 Å². The van der Waals surface area contributed by atoms with Crippen molar-refractivity contribution in [2.24, 2.45) is 5.92 Å². The molecule has 0 aromatic heterocycles. The summed E-state index contributed by atoms with van der Waals surface area (Å²) in [4.78, 5) is 11.9. The molecule has 0 saturated heterocycles. The molecule has 7 heteroatoms. The largest absolute Gasteiger partial charge is 0.444 e. The number of ether oxygens (including phenoxy) is 1.